The quantitative estimate of drug-likeness (QED) is 0.666. The van der Waals surface area contributed by atoms with Gasteiger partial charge in [0.15, 0.2) is 6.29 Å². The third-order valence-electron chi connectivity index (χ3n) is 2.24. The number of carbonyl (C=O) groups excluding carboxylic acids is 2. The molecular weight excluding hydrogens is 194 g/mol. The molecule has 76 valence electrons. The Morgan fingerprint density at radius 2 is 2.20 bits per heavy atom. The number of nitrogens with zero attached hydrogens (tertiary/aromatic N) is 1. The van der Waals surface area contributed by atoms with Crippen molar-refractivity contribution in [1.29, 1.82) is 0 Å². The molecule has 0 saturated carbocycles. The molecule has 0 amide bonds. The molecule has 4 heteroatoms. The van der Waals surface area contributed by atoms with Gasteiger partial charge in [-0.2, -0.15) is 0 Å². The normalized spacial score (nSPS) is 10.2. The zero-order chi connectivity index (χ0) is 10.8. The molecular formula is C11H9NO3. The average molecular weight is 203 g/mol. The summed E-state index contributed by atoms with van der Waals surface area (Å²) in [7, 11) is 1.30. The van der Waals surface area contributed by atoms with Gasteiger partial charge >= 0.3 is 6.09 Å². The van der Waals surface area contributed by atoms with E-state index in [0.29, 0.717) is 11.1 Å². The second kappa shape index (κ2) is 3.57. The van der Waals surface area contributed by atoms with Crippen molar-refractivity contribution in [3.05, 3.63) is 36.0 Å². The molecule has 0 fully saturated rings. The molecule has 0 spiro atoms. The summed E-state index contributed by atoms with van der Waals surface area (Å²) in [4.78, 5) is 22.2. The summed E-state index contributed by atoms with van der Waals surface area (Å²) < 4.78 is 5.93. The van der Waals surface area contributed by atoms with Crippen molar-refractivity contribution >= 4 is 23.3 Å². The highest BCUT2D eigenvalue weighted by atomic mass is 16.5. The molecule has 0 bridgehead atoms. The number of para-hydroxylation sites is 1. The van der Waals surface area contributed by atoms with Gasteiger partial charge in [0.25, 0.3) is 0 Å². The number of aldehydes is 1. The fraction of sp³-hybridized carbons (Fsp3) is 0.0909. The summed E-state index contributed by atoms with van der Waals surface area (Å²) >= 11 is 0. The van der Waals surface area contributed by atoms with E-state index >= 15 is 0 Å². The highest BCUT2D eigenvalue weighted by Gasteiger charge is 2.11. The van der Waals surface area contributed by atoms with Crippen molar-refractivity contribution in [2.45, 2.75) is 0 Å². The lowest BCUT2D eigenvalue weighted by Gasteiger charge is -2.03. The van der Waals surface area contributed by atoms with E-state index in [2.05, 4.69) is 4.74 Å². The molecule has 0 radical (unpaired) electrons. The molecule has 4 nitrogen and oxygen atoms in total. The minimum absolute atomic E-state index is 0.475. The number of hydrogen-bond acceptors (Lipinski definition) is 3. The first-order chi connectivity index (χ1) is 7.27. The average Bonchev–Trinajstić information content (AvgIpc) is 2.71. The van der Waals surface area contributed by atoms with Gasteiger partial charge in [-0.1, -0.05) is 12.1 Å². The van der Waals surface area contributed by atoms with Gasteiger partial charge < -0.3 is 4.74 Å². The number of benzene rings is 1. The zero-order valence-corrected chi connectivity index (χ0v) is 8.14. The van der Waals surface area contributed by atoms with E-state index in [9.17, 15) is 9.59 Å². The van der Waals surface area contributed by atoms with Crippen LogP contribution in [0.3, 0.4) is 0 Å². The first kappa shape index (κ1) is 9.45. The summed E-state index contributed by atoms with van der Waals surface area (Å²) in [6.07, 6.45) is 1.81. The van der Waals surface area contributed by atoms with Gasteiger partial charge in [0.2, 0.25) is 0 Å². The lowest BCUT2D eigenvalue weighted by Crippen LogP contribution is -2.10. The Kier molecular flexibility index (Phi) is 2.25. The Balaban J connectivity index is 2.76. The van der Waals surface area contributed by atoms with Gasteiger partial charge in [0, 0.05) is 17.1 Å². The Morgan fingerprint density at radius 3 is 2.87 bits per heavy atom. The second-order valence-corrected chi connectivity index (χ2v) is 3.06. The van der Waals surface area contributed by atoms with Crippen molar-refractivity contribution in [3.63, 3.8) is 0 Å². The molecule has 15 heavy (non-hydrogen) atoms. The lowest BCUT2D eigenvalue weighted by molar-refractivity contribution is 0.112. The number of hydrogen-bond donors (Lipinski definition) is 0. The van der Waals surface area contributed by atoms with E-state index in [1.165, 1.54) is 11.7 Å². The SMILES string of the molecule is COC(=O)n1ccc2cccc(C=O)c21. The van der Waals surface area contributed by atoms with E-state index in [1.54, 1.807) is 24.4 Å². The summed E-state index contributed by atoms with van der Waals surface area (Å²) in [5.74, 6) is 0. The molecule has 2 rings (SSSR count). The van der Waals surface area contributed by atoms with Crippen molar-refractivity contribution in [2.24, 2.45) is 0 Å². The third-order valence-corrected chi connectivity index (χ3v) is 2.24. The van der Waals surface area contributed by atoms with Gasteiger partial charge in [-0.15, -0.1) is 0 Å². The first-order valence-corrected chi connectivity index (χ1v) is 4.41. The van der Waals surface area contributed by atoms with Crippen LogP contribution in [0.15, 0.2) is 30.5 Å². The first-order valence-electron chi connectivity index (χ1n) is 4.41. The maximum atomic E-state index is 11.4. The molecule has 1 aromatic carbocycles. The number of ether oxygens (including phenoxy) is 1. The highest BCUT2D eigenvalue weighted by molar-refractivity contribution is 6.00. The predicted octanol–water partition coefficient (Wildman–Crippen LogP) is 2.07. The fourth-order valence-electron chi connectivity index (χ4n) is 1.57. The summed E-state index contributed by atoms with van der Waals surface area (Å²) in [6.45, 7) is 0. The molecule has 0 aliphatic carbocycles. The van der Waals surface area contributed by atoms with Gasteiger partial charge in [-0.05, 0) is 12.1 Å². The van der Waals surface area contributed by atoms with Crippen LogP contribution in [0.25, 0.3) is 10.9 Å². The van der Waals surface area contributed by atoms with E-state index in [0.717, 1.165) is 11.7 Å². The van der Waals surface area contributed by atoms with E-state index in [1.807, 2.05) is 6.07 Å². The molecule has 0 atom stereocenters. The molecule has 0 aliphatic heterocycles. The minimum Gasteiger partial charge on any atom is -0.452 e. The molecule has 2 aromatic rings. The van der Waals surface area contributed by atoms with Crippen molar-refractivity contribution in [3.8, 4) is 0 Å². The van der Waals surface area contributed by atoms with Gasteiger partial charge in [-0.3, -0.25) is 9.36 Å². The van der Waals surface area contributed by atoms with Crippen LogP contribution in [-0.4, -0.2) is 24.1 Å². The smallest absolute Gasteiger partial charge is 0.418 e. The molecule has 0 saturated heterocycles. The number of carbonyl (C=O) groups is 2. The Labute approximate surface area is 86.1 Å². The van der Waals surface area contributed by atoms with Crippen LogP contribution < -0.4 is 0 Å². The number of rotatable bonds is 1. The predicted molar refractivity (Wildman–Crippen MR) is 55.1 cm³/mol. The van der Waals surface area contributed by atoms with Crippen LogP contribution in [0.1, 0.15) is 10.4 Å². The summed E-state index contributed by atoms with van der Waals surface area (Å²) in [6, 6.07) is 7.03. The Hall–Kier alpha value is -2.10. The Bertz CT molecular complexity index is 528. The fourth-order valence-corrected chi connectivity index (χ4v) is 1.57. The monoisotopic (exact) mass is 203 g/mol. The third kappa shape index (κ3) is 1.40. The van der Waals surface area contributed by atoms with E-state index in [-0.39, 0.29) is 0 Å². The van der Waals surface area contributed by atoms with Crippen LogP contribution in [0.4, 0.5) is 4.79 Å². The van der Waals surface area contributed by atoms with E-state index in [4.69, 9.17) is 0 Å². The molecule has 0 unspecified atom stereocenters. The molecule has 0 aliphatic rings. The number of methoxy groups -OCH3 is 1. The summed E-state index contributed by atoms with van der Waals surface area (Å²) in [5, 5.41) is 0.838. The zero-order valence-electron chi connectivity index (χ0n) is 8.14. The van der Waals surface area contributed by atoms with E-state index < -0.39 is 6.09 Å². The minimum atomic E-state index is -0.501. The van der Waals surface area contributed by atoms with Crippen LogP contribution in [0.5, 0.6) is 0 Å². The molecule has 1 heterocycles. The van der Waals surface area contributed by atoms with Crippen LogP contribution >= 0.6 is 0 Å². The standard InChI is InChI=1S/C11H9NO3/c1-15-11(14)12-6-5-8-3-2-4-9(7-13)10(8)12/h2-7H,1H3. The van der Waals surface area contributed by atoms with Crippen molar-refractivity contribution in [1.82, 2.24) is 4.57 Å². The second-order valence-electron chi connectivity index (χ2n) is 3.06. The molecule has 1 aromatic heterocycles. The van der Waals surface area contributed by atoms with Crippen LogP contribution in [0.2, 0.25) is 0 Å². The Morgan fingerprint density at radius 1 is 1.40 bits per heavy atom. The number of fused-ring (bicyclic) bond motifs is 1. The topological polar surface area (TPSA) is 48.3 Å². The van der Waals surface area contributed by atoms with Gasteiger partial charge in [-0.25, -0.2) is 4.79 Å². The van der Waals surface area contributed by atoms with Gasteiger partial charge in [0.05, 0.1) is 12.6 Å². The lowest BCUT2D eigenvalue weighted by atomic mass is 10.1. The van der Waals surface area contributed by atoms with Gasteiger partial charge in [0.1, 0.15) is 0 Å². The number of aromatic nitrogens is 1. The van der Waals surface area contributed by atoms with Crippen LogP contribution in [0, 0.1) is 0 Å². The summed E-state index contributed by atoms with van der Waals surface area (Å²) in [5.41, 5.74) is 1.06. The maximum absolute atomic E-state index is 11.4. The largest absolute Gasteiger partial charge is 0.452 e. The highest BCUT2D eigenvalue weighted by Crippen LogP contribution is 2.19. The van der Waals surface area contributed by atoms with Crippen molar-refractivity contribution in [2.75, 3.05) is 7.11 Å². The van der Waals surface area contributed by atoms with Crippen molar-refractivity contribution < 1.29 is 14.3 Å². The van der Waals surface area contributed by atoms with Crippen LogP contribution in [-0.2, 0) is 4.74 Å². The maximum Gasteiger partial charge on any atom is 0.418 e. The molecule has 0 N–H and O–H groups in total.